The first-order valence-electron chi connectivity index (χ1n) is 15.5. The average Bonchev–Trinajstić information content (AvgIpc) is 3.10. The third-order valence-corrected chi connectivity index (χ3v) is 10.7. The first kappa shape index (κ1) is 37.9. The molecule has 4 aromatic carbocycles. The van der Waals surface area contributed by atoms with Gasteiger partial charge in [0.2, 0.25) is 11.8 Å². The number of carbonyl (C=O) groups excluding carboxylic acids is 2. The minimum Gasteiger partial charge on any atom is -0.493 e. The molecule has 0 bridgehead atoms. The predicted molar refractivity (Wildman–Crippen MR) is 194 cm³/mol. The average molecular weight is 747 g/mol. The van der Waals surface area contributed by atoms with E-state index in [0.29, 0.717) is 32.8 Å². The Balaban J connectivity index is 1.86. The maximum Gasteiger partial charge on any atom is 0.264 e. The van der Waals surface area contributed by atoms with Gasteiger partial charge >= 0.3 is 0 Å². The van der Waals surface area contributed by atoms with Crippen molar-refractivity contribution in [1.29, 1.82) is 0 Å². The maximum absolute atomic E-state index is 14.7. The summed E-state index contributed by atoms with van der Waals surface area (Å²) in [5.74, 6) is -0.564. The lowest BCUT2D eigenvalue weighted by Gasteiger charge is -2.34. The Labute approximate surface area is 302 Å². The van der Waals surface area contributed by atoms with Crippen molar-refractivity contribution in [2.24, 2.45) is 0 Å². The summed E-state index contributed by atoms with van der Waals surface area (Å²) in [6.07, 6.45) is 0.794. The molecule has 0 radical (unpaired) electrons. The van der Waals surface area contributed by atoms with E-state index in [1.807, 2.05) is 44.2 Å². The highest BCUT2D eigenvalue weighted by atomic mass is 35.5. The summed E-state index contributed by atoms with van der Waals surface area (Å²) >= 11 is 19.3. The number of nitrogens with zero attached hydrogens (tertiary/aromatic N) is 2. The highest BCUT2D eigenvalue weighted by molar-refractivity contribution is 7.92. The van der Waals surface area contributed by atoms with Crippen LogP contribution in [0.5, 0.6) is 11.5 Å². The van der Waals surface area contributed by atoms with Gasteiger partial charge in [-0.05, 0) is 67.4 Å². The normalized spacial score (nSPS) is 12.5. The predicted octanol–water partition coefficient (Wildman–Crippen LogP) is 7.41. The van der Waals surface area contributed by atoms with Crippen LogP contribution in [0.4, 0.5) is 5.69 Å². The number of hydrogen-bond acceptors (Lipinski definition) is 6. The number of anilines is 1. The van der Waals surface area contributed by atoms with Crippen molar-refractivity contribution >= 4 is 62.3 Å². The molecule has 0 aromatic heterocycles. The van der Waals surface area contributed by atoms with Gasteiger partial charge in [0.1, 0.15) is 12.6 Å². The lowest BCUT2D eigenvalue weighted by atomic mass is 10.0. The third-order valence-electron chi connectivity index (χ3n) is 8.00. The number of halogens is 3. The Kier molecular flexibility index (Phi) is 13.2. The van der Waals surface area contributed by atoms with Crippen LogP contribution in [-0.4, -0.2) is 58.0 Å². The van der Waals surface area contributed by atoms with E-state index in [4.69, 9.17) is 44.3 Å². The van der Waals surface area contributed by atoms with Gasteiger partial charge in [0.25, 0.3) is 10.0 Å². The zero-order valence-corrected chi connectivity index (χ0v) is 30.6. The van der Waals surface area contributed by atoms with Gasteiger partial charge in [-0.15, -0.1) is 0 Å². The second kappa shape index (κ2) is 17.1. The first-order valence-corrected chi connectivity index (χ1v) is 18.0. The van der Waals surface area contributed by atoms with Gasteiger partial charge in [0.05, 0.1) is 24.8 Å². The van der Waals surface area contributed by atoms with Crippen LogP contribution in [0.25, 0.3) is 0 Å². The van der Waals surface area contributed by atoms with Crippen LogP contribution in [0.1, 0.15) is 31.4 Å². The minimum absolute atomic E-state index is 0.139. The number of benzene rings is 4. The van der Waals surface area contributed by atoms with Crippen molar-refractivity contribution in [3.05, 3.63) is 117 Å². The van der Waals surface area contributed by atoms with Gasteiger partial charge in [-0.25, -0.2) is 8.42 Å². The van der Waals surface area contributed by atoms with Crippen LogP contribution in [-0.2, 0) is 32.6 Å². The number of ether oxygens (including phenoxy) is 2. The summed E-state index contributed by atoms with van der Waals surface area (Å²) in [6.45, 7) is 2.95. The fraction of sp³-hybridized carbons (Fsp3) is 0.278. The largest absolute Gasteiger partial charge is 0.493 e. The molecule has 9 nitrogen and oxygen atoms in total. The van der Waals surface area contributed by atoms with Crippen molar-refractivity contribution < 1.29 is 27.5 Å². The van der Waals surface area contributed by atoms with Crippen molar-refractivity contribution in [2.75, 3.05) is 25.1 Å². The SMILES string of the molecule is CC[C@@H](C)NC(=O)[C@@H](Cc1ccccc1)N(Cc1c(Cl)cccc1Cl)C(=O)CN(c1ccc(Cl)cc1)S(=O)(=O)c1ccc(OC)c(OC)c1. The van der Waals surface area contributed by atoms with Gasteiger partial charge in [0, 0.05) is 45.7 Å². The molecule has 2 atom stereocenters. The molecule has 13 heteroatoms. The lowest BCUT2D eigenvalue weighted by molar-refractivity contribution is -0.140. The minimum atomic E-state index is -4.42. The molecule has 4 aromatic rings. The van der Waals surface area contributed by atoms with E-state index in [-0.39, 0.29) is 35.3 Å². The van der Waals surface area contributed by atoms with Crippen molar-refractivity contribution in [3.8, 4) is 11.5 Å². The Morgan fingerprint density at radius 2 is 1.47 bits per heavy atom. The molecule has 260 valence electrons. The summed E-state index contributed by atoms with van der Waals surface area (Å²) in [4.78, 5) is 29.9. The fourth-order valence-corrected chi connectivity index (χ4v) is 7.16. The number of carbonyl (C=O) groups is 2. The molecule has 0 aliphatic carbocycles. The summed E-state index contributed by atoms with van der Waals surface area (Å²) in [5, 5.41) is 3.95. The fourth-order valence-electron chi connectivity index (χ4n) is 5.09. The van der Waals surface area contributed by atoms with Crippen LogP contribution >= 0.6 is 34.8 Å². The Morgan fingerprint density at radius 1 is 0.837 bits per heavy atom. The van der Waals surface area contributed by atoms with Gasteiger partial charge < -0.3 is 19.7 Å². The van der Waals surface area contributed by atoms with E-state index in [1.54, 1.807) is 18.2 Å². The number of rotatable bonds is 15. The number of amides is 2. The van der Waals surface area contributed by atoms with Crippen LogP contribution in [0.2, 0.25) is 15.1 Å². The quantitative estimate of drug-likeness (QED) is 0.136. The van der Waals surface area contributed by atoms with Crippen LogP contribution in [0, 0.1) is 0 Å². The van der Waals surface area contributed by atoms with Gasteiger partial charge in [-0.2, -0.15) is 0 Å². The second-order valence-corrected chi connectivity index (χ2v) is 14.4. The Bertz CT molecular complexity index is 1840. The zero-order chi connectivity index (χ0) is 35.7. The lowest BCUT2D eigenvalue weighted by Crippen LogP contribution is -2.54. The standard InChI is InChI=1S/C36H38Cl3N3O6S/c1-5-24(2)40-36(44)32(20-25-10-7-6-8-11-25)41(22-29-30(38)12-9-13-31(29)39)35(43)23-42(27-16-14-26(37)15-17-27)49(45,46)28-18-19-33(47-3)34(21-28)48-4/h6-19,21,24,32H,5,20,22-23H2,1-4H3,(H,40,44)/t24-,32-/m1/s1. The smallest absolute Gasteiger partial charge is 0.264 e. The molecular weight excluding hydrogens is 709 g/mol. The molecule has 0 saturated heterocycles. The molecular formula is C36H38Cl3N3O6S. The number of nitrogens with one attached hydrogen (secondary N) is 1. The molecule has 49 heavy (non-hydrogen) atoms. The Morgan fingerprint density at radius 3 is 2.06 bits per heavy atom. The van der Waals surface area contributed by atoms with Crippen molar-refractivity contribution in [1.82, 2.24) is 10.2 Å². The maximum atomic E-state index is 14.7. The summed E-state index contributed by atoms with van der Waals surface area (Å²) in [7, 11) is -1.58. The second-order valence-electron chi connectivity index (χ2n) is 11.3. The summed E-state index contributed by atoms with van der Waals surface area (Å²) in [5.41, 5.74) is 1.38. The number of sulfonamides is 1. The molecule has 0 aliphatic heterocycles. The number of hydrogen-bond donors (Lipinski definition) is 1. The highest BCUT2D eigenvalue weighted by Crippen LogP contribution is 2.33. The van der Waals surface area contributed by atoms with E-state index >= 15 is 0 Å². The van der Waals surface area contributed by atoms with E-state index in [2.05, 4.69) is 5.32 Å². The summed E-state index contributed by atoms with van der Waals surface area (Å²) in [6, 6.07) is 23.1. The van der Waals surface area contributed by atoms with Crippen LogP contribution < -0.4 is 19.1 Å². The molecule has 2 amide bonds. The van der Waals surface area contributed by atoms with E-state index < -0.39 is 34.4 Å². The van der Waals surface area contributed by atoms with E-state index in [0.717, 1.165) is 9.87 Å². The van der Waals surface area contributed by atoms with E-state index in [1.165, 1.54) is 61.6 Å². The van der Waals surface area contributed by atoms with Crippen molar-refractivity contribution in [2.45, 2.75) is 50.2 Å². The molecule has 0 aliphatic rings. The van der Waals surface area contributed by atoms with Gasteiger partial charge in [-0.1, -0.05) is 78.1 Å². The molecule has 0 spiro atoms. The molecule has 0 saturated carbocycles. The topological polar surface area (TPSA) is 105 Å². The molecule has 1 N–H and O–H groups in total. The van der Waals surface area contributed by atoms with Gasteiger partial charge in [-0.3, -0.25) is 13.9 Å². The zero-order valence-electron chi connectivity index (χ0n) is 27.5. The first-order chi connectivity index (χ1) is 23.4. The van der Waals surface area contributed by atoms with Crippen LogP contribution in [0.3, 0.4) is 0 Å². The molecule has 4 rings (SSSR count). The van der Waals surface area contributed by atoms with E-state index in [9.17, 15) is 18.0 Å². The van der Waals surface area contributed by atoms with Crippen LogP contribution in [0.15, 0.2) is 95.9 Å². The Hall–Kier alpha value is -3.96. The number of methoxy groups -OCH3 is 2. The molecule has 0 unspecified atom stereocenters. The van der Waals surface area contributed by atoms with Gasteiger partial charge in [0.15, 0.2) is 11.5 Å². The molecule has 0 fully saturated rings. The summed E-state index contributed by atoms with van der Waals surface area (Å²) < 4.78 is 40.4. The highest BCUT2D eigenvalue weighted by Gasteiger charge is 2.36. The third kappa shape index (κ3) is 9.39. The molecule has 0 heterocycles. The monoisotopic (exact) mass is 745 g/mol. The van der Waals surface area contributed by atoms with Crippen molar-refractivity contribution in [3.63, 3.8) is 0 Å².